The number of benzene rings is 1. The highest BCUT2D eigenvalue weighted by atomic mass is 16.4. The average molecular weight is 262 g/mol. The lowest BCUT2D eigenvalue weighted by atomic mass is 10.0. The van der Waals surface area contributed by atoms with E-state index in [0.29, 0.717) is 13.1 Å². The molecule has 1 aliphatic rings. The number of hydrogen-bond acceptors (Lipinski definition) is 3. The Labute approximate surface area is 114 Å². The maximum absolute atomic E-state index is 11.2. The number of rotatable bonds is 3. The third-order valence-corrected chi connectivity index (χ3v) is 3.81. The van der Waals surface area contributed by atoms with Gasteiger partial charge in [0.25, 0.3) is 0 Å². The van der Waals surface area contributed by atoms with Gasteiger partial charge in [-0.3, -0.25) is 9.69 Å². The van der Waals surface area contributed by atoms with E-state index in [4.69, 9.17) is 0 Å². The fourth-order valence-corrected chi connectivity index (χ4v) is 2.49. The van der Waals surface area contributed by atoms with E-state index in [1.165, 1.54) is 5.56 Å². The lowest BCUT2D eigenvalue weighted by Gasteiger charge is -2.37. The molecule has 1 aromatic carbocycles. The number of aliphatic carboxylic acids is 1. The van der Waals surface area contributed by atoms with Gasteiger partial charge in [0, 0.05) is 31.7 Å². The van der Waals surface area contributed by atoms with Gasteiger partial charge < -0.3 is 10.4 Å². The molecule has 1 heterocycles. The van der Waals surface area contributed by atoms with Crippen molar-refractivity contribution in [3.63, 3.8) is 0 Å². The first-order valence-corrected chi connectivity index (χ1v) is 6.71. The van der Waals surface area contributed by atoms with Gasteiger partial charge in [0.1, 0.15) is 0 Å². The summed E-state index contributed by atoms with van der Waals surface area (Å²) in [6.45, 7) is 7.05. The minimum Gasteiger partial charge on any atom is -0.481 e. The van der Waals surface area contributed by atoms with Crippen LogP contribution in [0.25, 0.3) is 0 Å². The topological polar surface area (TPSA) is 52.6 Å². The number of carboxylic acids is 1. The second-order valence-corrected chi connectivity index (χ2v) is 5.84. The first-order chi connectivity index (χ1) is 8.99. The lowest BCUT2D eigenvalue weighted by molar-refractivity contribution is -0.142. The van der Waals surface area contributed by atoms with Crippen LogP contribution in [0.1, 0.15) is 19.4 Å². The summed E-state index contributed by atoms with van der Waals surface area (Å²) < 4.78 is 0. The van der Waals surface area contributed by atoms with Crippen molar-refractivity contribution >= 4 is 5.97 Å². The van der Waals surface area contributed by atoms with Crippen LogP contribution in [0.15, 0.2) is 30.3 Å². The SMILES string of the molecule is CC1(C)CNCC(C(=O)O)CN1Cc1ccccc1. The predicted octanol–water partition coefficient (Wildman–Crippen LogP) is 1.57. The van der Waals surface area contributed by atoms with Crippen LogP contribution in [0.3, 0.4) is 0 Å². The summed E-state index contributed by atoms with van der Waals surface area (Å²) in [7, 11) is 0. The van der Waals surface area contributed by atoms with E-state index in [0.717, 1.165) is 13.1 Å². The van der Waals surface area contributed by atoms with Gasteiger partial charge in [0.15, 0.2) is 0 Å². The molecule has 4 heteroatoms. The van der Waals surface area contributed by atoms with Crippen molar-refractivity contribution in [1.29, 1.82) is 0 Å². The molecule has 1 saturated heterocycles. The molecule has 1 aliphatic heterocycles. The van der Waals surface area contributed by atoms with E-state index < -0.39 is 5.97 Å². The summed E-state index contributed by atoms with van der Waals surface area (Å²) >= 11 is 0. The normalized spacial score (nSPS) is 23.8. The molecule has 0 saturated carbocycles. The highest BCUT2D eigenvalue weighted by Gasteiger charge is 2.34. The second-order valence-electron chi connectivity index (χ2n) is 5.84. The van der Waals surface area contributed by atoms with Crippen molar-refractivity contribution in [3.05, 3.63) is 35.9 Å². The van der Waals surface area contributed by atoms with Crippen LogP contribution in [0.5, 0.6) is 0 Å². The molecule has 19 heavy (non-hydrogen) atoms. The summed E-state index contributed by atoms with van der Waals surface area (Å²) in [5.74, 6) is -1.06. The van der Waals surface area contributed by atoms with Crippen molar-refractivity contribution in [2.75, 3.05) is 19.6 Å². The van der Waals surface area contributed by atoms with Gasteiger partial charge in [-0.25, -0.2) is 0 Å². The molecule has 2 N–H and O–H groups in total. The summed E-state index contributed by atoms with van der Waals surface area (Å²) in [6.07, 6.45) is 0. The standard InChI is InChI=1S/C15H22N2O2/c1-15(2)11-16-8-13(14(18)19)10-17(15)9-12-6-4-3-5-7-12/h3-7,13,16H,8-11H2,1-2H3,(H,18,19). The van der Waals surface area contributed by atoms with Crippen molar-refractivity contribution < 1.29 is 9.90 Å². The molecule has 1 unspecified atom stereocenters. The van der Waals surface area contributed by atoms with Crippen LogP contribution in [-0.4, -0.2) is 41.1 Å². The number of hydrogen-bond donors (Lipinski definition) is 2. The number of carboxylic acid groups (broad SMARTS) is 1. The molecule has 0 spiro atoms. The summed E-state index contributed by atoms with van der Waals surface area (Å²) in [4.78, 5) is 13.5. The Balaban J connectivity index is 2.15. The van der Waals surface area contributed by atoms with Crippen LogP contribution >= 0.6 is 0 Å². The van der Waals surface area contributed by atoms with E-state index >= 15 is 0 Å². The van der Waals surface area contributed by atoms with Gasteiger partial charge in [0.05, 0.1) is 5.92 Å². The molecule has 104 valence electrons. The van der Waals surface area contributed by atoms with E-state index in [1.54, 1.807) is 0 Å². The Morgan fingerprint density at radius 2 is 2.11 bits per heavy atom. The first-order valence-electron chi connectivity index (χ1n) is 6.71. The van der Waals surface area contributed by atoms with E-state index in [9.17, 15) is 9.90 Å². The Hall–Kier alpha value is -1.39. The predicted molar refractivity (Wildman–Crippen MR) is 74.9 cm³/mol. The monoisotopic (exact) mass is 262 g/mol. The zero-order valence-corrected chi connectivity index (χ0v) is 11.6. The van der Waals surface area contributed by atoms with Crippen LogP contribution in [0.2, 0.25) is 0 Å². The number of carbonyl (C=O) groups is 1. The Bertz CT molecular complexity index is 431. The third kappa shape index (κ3) is 3.55. The quantitative estimate of drug-likeness (QED) is 0.868. The maximum atomic E-state index is 11.2. The number of nitrogens with zero attached hydrogens (tertiary/aromatic N) is 1. The van der Waals surface area contributed by atoms with Crippen LogP contribution < -0.4 is 5.32 Å². The van der Waals surface area contributed by atoms with E-state index in [2.05, 4.69) is 36.2 Å². The van der Waals surface area contributed by atoms with Gasteiger partial charge >= 0.3 is 5.97 Å². The van der Waals surface area contributed by atoms with Crippen LogP contribution in [-0.2, 0) is 11.3 Å². The first kappa shape index (κ1) is 14.0. The molecule has 0 bridgehead atoms. The summed E-state index contributed by atoms with van der Waals surface area (Å²) in [5, 5.41) is 12.5. The van der Waals surface area contributed by atoms with Crippen molar-refractivity contribution in [3.8, 4) is 0 Å². The van der Waals surface area contributed by atoms with Gasteiger partial charge in [-0.15, -0.1) is 0 Å². The van der Waals surface area contributed by atoms with Crippen LogP contribution in [0.4, 0.5) is 0 Å². The fourth-order valence-electron chi connectivity index (χ4n) is 2.49. The van der Waals surface area contributed by atoms with Gasteiger partial charge in [-0.05, 0) is 19.4 Å². The molecule has 1 fully saturated rings. The molecule has 0 aromatic heterocycles. The molecule has 4 nitrogen and oxygen atoms in total. The number of nitrogens with one attached hydrogen (secondary N) is 1. The third-order valence-electron chi connectivity index (χ3n) is 3.81. The minimum absolute atomic E-state index is 0.0416. The molecular formula is C15H22N2O2. The van der Waals surface area contributed by atoms with E-state index in [-0.39, 0.29) is 11.5 Å². The second kappa shape index (κ2) is 5.72. The highest BCUT2D eigenvalue weighted by molar-refractivity contribution is 5.70. The van der Waals surface area contributed by atoms with Crippen molar-refractivity contribution in [2.24, 2.45) is 5.92 Å². The highest BCUT2D eigenvalue weighted by Crippen LogP contribution is 2.21. The minimum atomic E-state index is -0.719. The fraction of sp³-hybridized carbons (Fsp3) is 0.533. The zero-order chi connectivity index (χ0) is 13.9. The van der Waals surface area contributed by atoms with Crippen molar-refractivity contribution in [1.82, 2.24) is 10.2 Å². The van der Waals surface area contributed by atoms with Gasteiger partial charge in [0.2, 0.25) is 0 Å². The van der Waals surface area contributed by atoms with E-state index in [1.807, 2.05) is 18.2 Å². The Kier molecular flexibility index (Phi) is 4.22. The molecule has 0 aliphatic carbocycles. The van der Waals surface area contributed by atoms with Crippen molar-refractivity contribution in [2.45, 2.75) is 25.9 Å². The van der Waals surface area contributed by atoms with Crippen LogP contribution in [0, 0.1) is 5.92 Å². The molecule has 2 rings (SSSR count). The lowest BCUT2D eigenvalue weighted by Crippen LogP contribution is -2.48. The smallest absolute Gasteiger partial charge is 0.309 e. The zero-order valence-electron chi connectivity index (χ0n) is 11.6. The largest absolute Gasteiger partial charge is 0.481 e. The molecular weight excluding hydrogens is 240 g/mol. The average Bonchev–Trinajstić information content (AvgIpc) is 2.50. The molecule has 0 amide bonds. The molecule has 1 atom stereocenters. The molecule has 1 aromatic rings. The Morgan fingerprint density at radius 3 is 2.74 bits per heavy atom. The Morgan fingerprint density at radius 1 is 1.42 bits per heavy atom. The maximum Gasteiger partial charge on any atom is 0.309 e. The summed E-state index contributed by atoms with van der Waals surface area (Å²) in [6, 6.07) is 10.2. The van der Waals surface area contributed by atoms with Gasteiger partial charge in [-0.1, -0.05) is 30.3 Å². The molecule has 0 radical (unpaired) electrons. The summed E-state index contributed by atoms with van der Waals surface area (Å²) in [5.41, 5.74) is 1.18. The van der Waals surface area contributed by atoms with Gasteiger partial charge in [-0.2, -0.15) is 0 Å².